The second kappa shape index (κ2) is 10.9. The Bertz CT molecular complexity index is 1280. The number of phenolic OH excluding ortho intramolecular Hbond substituents is 1. The first-order valence-corrected chi connectivity index (χ1v) is 12.5. The average molecular weight is 499 g/mol. The number of rotatable bonds is 6. The lowest BCUT2D eigenvalue weighted by Gasteiger charge is -2.36. The molecule has 0 radical (unpaired) electrons. The van der Waals surface area contributed by atoms with E-state index < -0.39 is 0 Å². The Labute approximate surface area is 218 Å². The number of amides is 1. The molecule has 3 aromatic rings. The quantitative estimate of drug-likeness (QED) is 0.351. The summed E-state index contributed by atoms with van der Waals surface area (Å²) in [6, 6.07) is 20.5. The van der Waals surface area contributed by atoms with Crippen LogP contribution in [-0.2, 0) is 10.2 Å². The maximum Gasteiger partial charge on any atom is 0.338 e. The predicted molar refractivity (Wildman–Crippen MR) is 147 cm³/mol. The maximum absolute atomic E-state index is 13.6. The molecule has 0 spiro atoms. The Morgan fingerprint density at radius 3 is 2.24 bits per heavy atom. The van der Waals surface area contributed by atoms with Crippen molar-refractivity contribution in [3.05, 3.63) is 96.1 Å². The molecule has 1 aliphatic heterocycles. The van der Waals surface area contributed by atoms with E-state index in [1.54, 1.807) is 30.3 Å². The summed E-state index contributed by atoms with van der Waals surface area (Å²) in [5.41, 5.74) is 4.89. The zero-order chi connectivity index (χ0) is 26.6. The van der Waals surface area contributed by atoms with E-state index in [1.165, 1.54) is 0 Å². The fourth-order valence-corrected chi connectivity index (χ4v) is 4.41. The molecule has 0 saturated carbocycles. The van der Waals surface area contributed by atoms with Crippen LogP contribution in [-0.4, -0.2) is 54.7 Å². The molecule has 1 aliphatic rings. The molecule has 1 N–H and O–H groups in total. The fraction of sp³-hybridized carbons (Fsp3) is 0.290. The number of hydrogen-bond donors (Lipinski definition) is 1. The Morgan fingerprint density at radius 1 is 0.919 bits per heavy atom. The molecule has 6 heteroatoms. The molecule has 37 heavy (non-hydrogen) atoms. The van der Waals surface area contributed by atoms with Gasteiger partial charge in [-0.05, 0) is 70.6 Å². The van der Waals surface area contributed by atoms with Crippen molar-refractivity contribution in [2.24, 2.45) is 0 Å². The van der Waals surface area contributed by atoms with E-state index in [-0.39, 0.29) is 29.6 Å². The topological polar surface area (TPSA) is 70.1 Å². The van der Waals surface area contributed by atoms with Gasteiger partial charge in [-0.15, -0.1) is 0 Å². The number of hydrogen-bond acceptors (Lipinski definition) is 5. The highest BCUT2D eigenvalue weighted by molar-refractivity contribution is 5.96. The van der Waals surface area contributed by atoms with Gasteiger partial charge in [-0.2, -0.15) is 0 Å². The Hall–Kier alpha value is -4.06. The third kappa shape index (κ3) is 6.20. The average Bonchev–Trinajstić information content (AvgIpc) is 2.90. The summed E-state index contributed by atoms with van der Waals surface area (Å²) in [4.78, 5) is 29.7. The summed E-state index contributed by atoms with van der Waals surface area (Å²) >= 11 is 0. The molecular weight excluding hydrogens is 464 g/mol. The number of aromatic hydroxyl groups is 1. The molecule has 0 atom stereocenters. The number of esters is 1. The van der Waals surface area contributed by atoms with Crippen LogP contribution >= 0.6 is 0 Å². The monoisotopic (exact) mass is 498 g/mol. The van der Waals surface area contributed by atoms with Crippen LogP contribution in [0, 0.1) is 0 Å². The van der Waals surface area contributed by atoms with Gasteiger partial charge < -0.3 is 19.6 Å². The van der Waals surface area contributed by atoms with Crippen molar-refractivity contribution >= 4 is 17.6 Å². The van der Waals surface area contributed by atoms with Crippen molar-refractivity contribution in [2.75, 3.05) is 37.7 Å². The Morgan fingerprint density at radius 2 is 1.62 bits per heavy atom. The minimum atomic E-state index is -0.371. The molecule has 0 bridgehead atoms. The Balaban J connectivity index is 1.48. The summed E-state index contributed by atoms with van der Waals surface area (Å²) in [6.45, 7) is 12.7. The highest BCUT2D eigenvalue weighted by Crippen LogP contribution is 2.31. The van der Waals surface area contributed by atoms with Crippen LogP contribution in [0.5, 0.6) is 5.75 Å². The molecule has 1 heterocycles. The van der Waals surface area contributed by atoms with E-state index in [4.69, 9.17) is 4.74 Å². The number of phenols is 1. The molecule has 192 valence electrons. The van der Waals surface area contributed by atoms with Crippen LogP contribution in [0.4, 0.5) is 5.69 Å². The van der Waals surface area contributed by atoms with Gasteiger partial charge in [0.15, 0.2) is 0 Å². The van der Waals surface area contributed by atoms with Crippen LogP contribution in [0.3, 0.4) is 0 Å². The van der Waals surface area contributed by atoms with Gasteiger partial charge in [0.1, 0.15) is 12.4 Å². The molecule has 3 aromatic carbocycles. The number of carbonyl (C=O) groups is 2. The van der Waals surface area contributed by atoms with Crippen LogP contribution < -0.4 is 4.90 Å². The summed E-state index contributed by atoms with van der Waals surface area (Å²) in [6.07, 6.45) is 1.54. The molecule has 1 amide bonds. The molecule has 4 rings (SSSR count). The van der Waals surface area contributed by atoms with Crippen LogP contribution in [0.1, 0.15) is 47.1 Å². The van der Waals surface area contributed by atoms with E-state index in [0.717, 1.165) is 22.4 Å². The first kappa shape index (κ1) is 26.0. The first-order chi connectivity index (χ1) is 17.7. The summed E-state index contributed by atoms with van der Waals surface area (Å²) in [5.74, 6) is -0.166. The van der Waals surface area contributed by atoms with Gasteiger partial charge in [-0.3, -0.25) is 4.79 Å². The van der Waals surface area contributed by atoms with Crippen LogP contribution in [0.25, 0.3) is 11.1 Å². The summed E-state index contributed by atoms with van der Waals surface area (Å²) in [7, 11) is 0. The van der Waals surface area contributed by atoms with Gasteiger partial charge in [0.05, 0.1) is 5.56 Å². The molecule has 1 saturated heterocycles. The molecule has 6 nitrogen and oxygen atoms in total. The summed E-state index contributed by atoms with van der Waals surface area (Å²) in [5, 5.41) is 9.98. The minimum absolute atomic E-state index is 0.00691. The zero-order valence-corrected chi connectivity index (χ0v) is 21.7. The molecule has 0 unspecified atom stereocenters. The smallest absolute Gasteiger partial charge is 0.338 e. The molecular formula is C31H34N2O4. The van der Waals surface area contributed by atoms with E-state index in [1.807, 2.05) is 41.3 Å². The van der Waals surface area contributed by atoms with Crippen molar-refractivity contribution in [3.63, 3.8) is 0 Å². The van der Waals surface area contributed by atoms with Gasteiger partial charge in [0.2, 0.25) is 0 Å². The van der Waals surface area contributed by atoms with Gasteiger partial charge in [0, 0.05) is 37.4 Å². The molecule has 0 aliphatic carbocycles. The van der Waals surface area contributed by atoms with E-state index in [2.05, 4.69) is 38.3 Å². The van der Waals surface area contributed by atoms with Gasteiger partial charge >= 0.3 is 5.97 Å². The van der Waals surface area contributed by atoms with Crippen LogP contribution in [0.15, 0.2) is 79.4 Å². The Kier molecular flexibility index (Phi) is 7.67. The number of nitrogens with zero attached hydrogens (tertiary/aromatic N) is 2. The van der Waals surface area contributed by atoms with Crippen molar-refractivity contribution in [3.8, 4) is 16.9 Å². The lowest BCUT2D eigenvalue weighted by molar-refractivity contribution is 0.0549. The third-order valence-electron chi connectivity index (χ3n) is 6.59. The van der Waals surface area contributed by atoms with E-state index in [0.29, 0.717) is 37.3 Å². The van der Waals surface area contributed by atoms with Gasteiger partial charge in [0.25, 0.3) is 5.91 Å². The van der Waals surface area contributed by atoms with Gasteiger partial charge in [-0.1, -0.05) is 51.6 Å². The largest absolute Gasteiger partial charge is 0.508 e. The minimum Gasteiger partial charge on any atom is -0.508 e. The normalized spacial score (nSPS) is 13.8. The number of ether oxygens (including phenoxy) is 1. The summed E-state index contributed by atoms with van der Waals surface area (Å²) < 4.78 is 5.09. The predicted octanol–water partition coefficient (Wildman–Crippen LogP) is 5.66. The lowest BCUT2D eigenvalue weighted by Crippen LogP contribution is -2.48. The molecule has 1 fully saturated rings. The second-order valence-electron chi connectivity index (χ2n) is 10.3. The lowest BCUT2D eigenvalue weighted by atomic mass is 9.84. The first-order valence-electron chi connectivity index (χ1n) is 12.5. The third-order valence-corrected chi connectivity index (χ3v) is 6.59. The number of piperazine rings is 1. The molecule has 0 aromatic heterocycles. The van der Waals surface area contributed by atoms with E-state index in [9.17, 15) is 14.7 Å². The van der Waals surface area contributed by atoms with Crippen LogP contribution in [0.2, 0.25) is 0 Å². The van der Waals surface area contributed by atoms with Crippen molar-refractivity contribution in [1.82, 2.24) is 4.90 Å². The standard InChI is InChI=1S/C31H34N2O4/c1-5-17-37-30(36)22-9-11-27(12-10-22)32-13-15-33(16-14-32)29(35)25-18-24(19-26(20-25)31(2,3)4)23-7-6-8-28(34)21-23/h5-12,18-21,34H,1,13-17H2,2-4H3. The van der Waals surface area contributed by atoms with E-state index >= 15 is 0 Å². The zero-order valence-electron chi connectivity index (χ0n) is 21.7. The SMILES string of the molecule is C=CCOC(=O)c1ccc(N2CCN(C(=O)c3cc(-c4cccc(O)c4)cc(C(C)(C)C)c3)CC2)cc1. The fourth-order valence-electron chi connectivity index (χ4n) is 4.41. The van der Waals surface area contributed by atoms with Crippen molar-refractivity contribution in [2.45, 2.75) is 26.2 Å². The maximum atomic E-state index is 13.6. The van der Waals surface area contributed by atoms with Crippen molar-refractivity contribution < 1.29 is 19.4 Å². The van der Waals surface area contributed by atoms with Crippen molar-refractivity contribution in [1.29, 1.82) is 0 Å². The highest BCUT2D eigenvalue weighted by Gasteiger charge is 2.25. The second-order valence-corrected chi connectivity index (χ2v) is 10.3. The number of benzene rings is 3. The number of anilines is 1. The van der Waals surface area contributed by atoms with Gasteiger partial charge in [-0.25, -0.2) is 4.79 Å². The number of carbonyl (C=O) groups excluding carboxylic acids is 2. The highest BCUT2D eigenvalue weighted by atomic mass is 16.5.